The second kappa shape index (κ2) is 5.72. The van der Waals surface area contributed by atoms with Crippen LogP contribution in [0.3, 0.4) is 0 Å². The Morgan fingerprint density at radius 2 is 2.47 bits per heavy atom. The van der Waals surface area contributed by atoms with Gasteiger partial charge in [-0.25, -0.2) is 0 Å². The normalized spacial score (nSPS) is 21.1. The molecule has 0 bridgehead atoms. The summed E-state index contributed by atoms with van der Waals surface area (Å²) in [5.41, 5.74) is 0.943. The molecular weight excluding hydrogens is 218 g/mol. The molecule has 0 aromatic carbocycles. The van der Waals surface area contributed by atoms with Crippen LogP contribution in [0.2, 0.25) is 0 Å². The molecule has 1 fully saturated rings. The molecule has 1 saturated heterocycles. The Bertz CT molecular complexity index is 369. The molecule has 1 aliphatic heterocycles. The monoisotopic (exact) mass is 235 g/mol. The first-order chi connectivity index (χ1) is 8.29. The Balaban J connectivity index is 1.92. The zero-order chi connectivity index (χ0) is 12.1. The van der Waals surface area contributed by atoms with Gasteiger partial charge in [-0.3, -0.25) is 19.7 Å². The van der Waals surface area contributed by atoms with Crippen LogP contribution in [0, 0.1) is 5.92 Å². The van der Waals surface area contributed by atoms with E-state index >= 15 is 0 Å². The highest BCUT2D eigenvalue weighted by molar-refractivity contribution is 5.72. The minimum absolute atomic E-state index is 0.00502. The van der Waals surface area contributed by atoms with Gasteiger partial charge < -0.3 is 4.74 Å². The fraction of sp³-hybridized carbons (Fsp3) is 0.583. The minimum Gasteiger partial charge on any atom is -0.469 e. The zero-order valence-corrected chi connectivity index (χ0v) is 10.0. The summed E-state index contributed by atoms with van der Waals surface area (Å²) in [7, 11) is 1.45. The lowest BCUT2D eigenvalue weighted by atomic mass is 9.98. The average Bonchev–Trinajstić information content (AvgIpc) is 2.39. The lowest BCUT2D eigenvalue weighted by molar-refractivity contribution is -0.147. The predicted octanol–water partition coefficient (Wildman–Crippen LogP) is 0.862. The molecule has 0 aliphatic carbocycles. The lowest BCUT2D eigenvalue weighted by Crippen LogP contribution is -2.38. The molecule has 1 aromatic rings. The summed E-state index contributed by atoms with van der Waals surface area (Å²) in [6.45, 7) is 2.51. The van der Waals surface area contributed by atoms with Crippen molar-refractivity contribution >= 4 is 5.97 Å². The number of carbonyl (C=O) groups is 1. The molecule has 2 heterocycles. The van der Waals surface area contributed by atoms with Crippen molar-refractivity contribution in [1.29, 1.82) is 0 Å². The summed E-state index contributed by atoms with van der Waals surface area (Å²) in [5, 5.41) is 0. The number of hydrogen-bond donors (Lipinski definition) is 0. The number of aromatic nitrogens is 2. The number of likely N-dealkylation sites (tertiary alicyclic amines) is 1. The molecule has 5 heteroatoms. The highest BCUT2D eigenvalue weighted by Crippen LogP contribution is 2.18. The van der Waals surface area contributed by atoms with Crippen LogP contribution in [0.4, 0.5) is 0 Å². The molecule has 0 spiro atoms. The van der Waals surface area contributed by atoms with Crippen molar-refractivity contribution in [3.8, 4) is 0 Å². The molecule has 1 unspecified atom stereocenters. The van der Waals surface area contributed by atoms with E-state index in [9.17, 15) is 4.79 Å². The summed E-state index contributed by atoms with van der Waals surface area (Å²) in [4.78, 5) is 22.0. The van der Waals surface area contributed by atoms with E-state index in [2.05, 4.69) is 14.9 Å². The second-order valence-corrected chi connectivity index (χ2v) is 4.29. The van der Waals surface area contributed by atoms with E-state index < -0.39 is 0 Å². The Kier molecular flexibility index (Phi) is 4.03. The fourth-order valence-corrected chi connectivity index (χ4v) is 2.20. The highest BCUT2D eigenvalue weighted by atomic mass is 16.5. The van der Waals surface area contributed by atoms with Crippen molar-refractivity contribution in [2.75, 3.05) is 20.2 Å². The largest absolute Gasteiger partial charge is 0.469 e. The molecule has 1 atom stereocenters. The molecule has 0 amide bonds. The maximum atomic E-state index is 11.5. The molecular formula is C12H17N3O2. The minimum atomic E-state index is -0.103. The Morgan fingerprint density at radius 3 is 3.18 bits per heavy atom. The van der Waals surface area contributed by atoms with Gasteiger partial charge in [0.05, 0.1) is 18.7 Å². The first-order valence-electron chi connectivity index (χ1n) is 5.84. The van der Waals surface area contributed by atoms with Crippen LogP contribution < -0.4 is 0 Å². The molecule has 0 radical (unpaired) electrons. The van der Waals surface area contributed by atoms with Gasteiger partial charge in [-0.15, -0.1) is 0 Å². The van der Waals surface area contributed by atoms with Gasteiger partial charge in [0.25, 0.3) is 0 Å². The Labute approximate surface area is 101 Å². The third-order valence-electron chi connectivity index (χ3n) is 3.04. The van der Waals surface area contributed by atoms with Crippen molar-refractivity contribution in [3.63, 3.8) is 0 Å². The number of nitrogens with zero attached hydrogens (tertiary/aromatic N) is 3. The summed E-state index contributed by atoms with van der Waals surface area (Å²) in [6, 6.07) is 0. The quantitative estimate of drug-likeness (QED) is 0.727. The number of piperidine rings is 1. The number of hydrogen-bond acceptors (Lipinski definition) is 5. The Morgan fingerprint density at radius 1 is 1.59 bits per heavy atom. The SMILES string of the molecule is COC(=O)C1CCCN(Cc2cnccn2)C1. The van der Waals surface area contributed by atoms with E-state index in [1.807, 2.05) is 0 Å². The second-order valence-electron chi connectivity index (χ2n) is 4.29. The number of methoxy groups -OCH3 is 1. The highest BCUT2D eigenvalue weighted by Gasteiger charge is 2.26. The lowest BCUT2D eigenvalue weighted by Gasteiger charge is -2.30. The van der Waals surface area contributed by atoms with Crippen molar-refractivity contribution in [1.82, 2.24) is 14.9 Å². The number of esters is 1. The van der Waals surface area contributed by atoms with Gasteiger partial charge in [-0.1, -0.05) is 0 Å². The molecule has 1 aliphatic rings. The van der Waals surface area contributed by atoms with E-state index in [1.165, 1.54) is 7.11 Å². The van der Waals surface area contributed by atoms with E-state index in [-0.39, 0.29) is 11.9 Å². The van der Waals surface area contributed by atoms with Crippen molar-refractivity contribution in [3.05, 3.63) is 24.3 Å². The zero-order valence-electron chi connectivity index (χ0n) is 10.0. The maximum Gasteiger partial charge on any atom is 0.309 e. The number of ether oxygens (including phenoxy) is 1. The molecule has 0 saturated carbocycles. The van der Waals surface area contributed by atoms with Crippen LogP contribution in [0.25, 0.3) is 0 Å². The van der Waals surface area contributed by atoms with Crippen molar-refractivity contribution in [2.45, 2.75) is 19.4 Å². The summed E-state index contributed by atoms with van der Waals surface area (Å²) >= 11 is 0. The van der Waals surface area contributed by atoms with Crippen LogP contribution in [-0.2, 0) is 16.1 Å². The van der Waals surface area contributed by atoms with E-state index in [0.717, 1.165) is 38.2 Å². The number of rotatable bonds is 3. The van der Waals surface area contributed by atoms with Gasteiger partial charge in [0.1, 0.15) is 0 Å². The van der Waals surface area contributed by atoms with Gasteiger partial charge in [-0.2, -0.15) is 0 Å². The fourth-order valence-electron chi connectivity index (χ4n) is 2.20. The Hall–Kier alpha value is -1.49. The summed E-state index contributed by atoms with van der Waals surface area (Å²) < 4.78 is 4.79. The first kappa shape index (κ1) is 12.0. The van der Waals surface area contributed by atoms with Crippen LogP contribution in [0.5, 0.6) is 0 Å². The van der Waals surface area contributed by atoms with Crippen LogP contribution >= 0.6 is 0 Å². The molecule has 17 heavy (non-hydrogen) atoms. The van der Waals surface area contributed by atoms with Gasteiger partial charge in [0.2, 0.25) is 0 Å². The molecule has 5 nitrogen and oxygen atoms in total. The molecule has 1 aromatic heterocycles. The van der Waals surface area contributed by atoms with E-state index in [1.54, 1.807) is 18.6 Å². The van der Waals surface area contributed by atoms with Gasteiger partial charge in [0, 0.05) is 31.7 Å². The van der Waals surface area contributed by atoms with E-state index in [4.69, 9.17) is 4.74 Å². The van der Waals surface area contributed by atoms with Crippen LogP contribution in [0.1, 0.15) is 18.5 Å². The van der Waals surface area contributed by atoms with E-state index in [0.29, 0.717) is 0 Å². The summed E-state index contributed by atoms with van der Waals surface area (Å²) in [5.74, 6) is -0.0979. The van der Waals surface area contributed by atoms with Gasteiger partial charge >= 0.3 is 5.97 Å². The van der Waals surface area contributed by atoms with Crippen molar-refractivity contribution < 1.29 is 9.53 Å². The topological polar surface area (TPSA) is 55.3 Å². The van der Waals surface area contributed by atoms with Gasteiger partial charge in [0.15, 0.2) is 0 Å². The summed E-state index contributed by atoms with van der Waals surface area (Å²) in [6.07, 6.45) is 7.07. The van der Waals surface area contributed by atoms with Crippen LogP contribution in [0.15, 0.2) is 18.6 Å². The molecule has 92 valence electrons. The third kappa shape index (κ3) is 3.23. The van der Waals surface area contributed by atoms with Crippen LogP contribution in [-0.4, -0.2) is 41.0 Å². The standard InChI is InChI=1S/C12H17N3O2/c1-17-12(16)10-3-2-6-15(8-10)9-11-7-13-4-5-14-11/h4-5,7,10H,2-3,6,8-9H2,1H3. The molecule has 2 rings (SSSR count). The smallest absolute Gasteiger partial charge is 0.309 e. The number of carbonyl (C=O) groups excluding carboxylic acids is 1. The first-order valence-corrected chi connectivity index (χ1v) is 5.84. The predicted molar refractivity (Wildman–Crippen MR) is 62.0 cm³/mol. The maximum absolute atomic E-state index is 11.5. The van der Waals surface area contributed by atoms with Gasteiger partial charge in [-0.05, 0) is 19.4 Å². The van der Waals surface area contributed by atoms with Crippen molar-refractivity contribution in [2.24, 2.45) is 5.92 Å². The molecule has 0 N–H and O–H groups in total. The average molecular weight is 235 g/mol. The third-order valence-corrected chi connectivity index (χ3v) is 3.04.